The smallest absolute Gasteiger partial charge is 0.225 e. The van der Waals surface area contributed by atoms with Crippen molar-refractivity contribution in [2.75, 3.05) is 13.1 Å². The molecule has 0 aromatic heterocycles. The van der Waals surface area contributed by atoms with E-state index in [9.17, 15) is 4.79 Å². The number of piperidine rings is 1. The van der Waals surface area contributed by atoms with Crippen molar-refractivity contribution in [2.24, 2.45) is 17.6 Å². The summed E-state index contributed by atoms with van der Waals surface area (Å²) in [6, 6.07) is 0.264. The van der Waals surface area contributed by atoms with Gasteiger partial charge in [0, 0.05) is 25.0 Å². The van der Waals surface area contributed by atoms with Crippen molar-refractivity contribution in [2.45, 2.75) is 46.1 Å². The third-order valence-corrected chi connectivity index (χ3v) is 3.67. The molecule has 0 saturated carbocycles. The number of rotatable bonds is 3. The molecule has 1 amide bonds. The first kappa shape index (κ1) is 12.5. The quantitative estimate of drug-likeness (QED) is 0.772. The van der Waals surface area contributed by atoms with Gasteiger partial charge in [0.15, 0.2) is 0 Å². The van der Waals surface area contributed by atoms with Gasteiger partial charge in [-0.05, 0) is 25.2 Å². The summed E-state index contributed by atoms with van der Waals surface area (Å²) in [5, 5.41) is 0. The van der Waals surface area contributed by atoms with E-state index < -0.39 is 0 Å². The van der Waals surface area contributed by atoms with E-state index in [4.69, 9.17) is 5.73 Å². The van der Waals surface area contributed by atoms with Crippen LogP contribution in [0.25, 0.3) is 0 Å². The van der Waals surface area contributed by atoms with Gasteiger partial charge in [0.05, 0.1) is 0 Å². The third-order valence-electron chi connectivity index (χ3n) is 3.67. The van der Waals surface area contributed by atoms with Gasteiger partial charge in [0.25, 0.3) is 0 Å². The van der Waals surface area contributed by atoms with E-state index in [1.165, 1.54) is 6.42 Å². The van der Waals surface area contributed by atoms with Gasteiger partial charge in [0.1, 0.15) is 0 Å². The molecule has 0 aromatic rings. The van der Waals surface area contributed by atoms with Crippen LogP contribution in [0.4, 0.5) is 0 Å². The standard InChI is InChI=1S/C12H24N2O/c1-4-9(2)12(15)14-7-5-6-10(3)11(14)8-13/h9-11H,4-8,13H2,1-3H3/t9-,10-,11-/m0/s1. The molecule has 0 aromatic carbocycles. The van der Waals surface area contributed by atoms with Crippen molar-refractivity contribution < 1.29 is 4.79 Å². The van der Waals surface area contributed by atoms with Crippen LogP contribution in [0, 0.1) is 11.8 Å². The Labute approximate surface area is 93.0 Å². The minimum Gasteiger partial charge on any atom is -0.338 e. The molecule has 1 saturated heterocycles. The molecule has 1 heterocycles. The molecule has 0 radical (unpaired) electrons. The number of amides is 1. The number of carbonyl (C=O) groups excluding carboxylic acids is 1. The van der Waals surface area contributed by atoms with Gasteiger partial charge in [-0.25, -0.2) is 0 Å². The van der Waals surface area contributed by atoms with Crippen LogP contribution >= 0.6 is 0 Å². The maximum Gasteiger partial charge on any atom is 0.225 e. The Balaban J connectivity index is 2.69. The lowest BCUT2D eigenvalue weighted by Gasteiger charge is -2.40. The Morgan fingerprint density at radius 2 is 2.27 bits per heavy atom. The number of hydrogen-bond donors (Lipinski definition) is 1. The van der Waals surface area contributed by atoms with Crippen LogP contribution in [0.3, 0.4) is 0 Å². The normalized spacial score (nSPS) is 28.9. The first-order valence-corrected chi connectivity index (χ1v) is 6.12. The fourth-order valence-corrected chi connectivity index (χ4v) is 2.34. The molecule has 88 valence electrons. The van der Waals surface area contributed by atoms with Crippen molar-refractivity contribution in [3.8, 4) is 0 Å². The SMILES string of the molecule is CC[C@H](C)C(=O)N1CCC[C@H](C)[C@@H]1CN. The van der Waals surface area contributed by atoms with E-state index in [1.807, 2.05) is 11.8 Å². The summed E-state index contributed by atoms with van der Waals surface area (Å²) in [5.41, 5.74) is 5.77. The van der Waals surface area contributed by atoms with Crippen LogP contribution in [0.1, 0.15) is 40.0 Å². The highest BCUT2D eigenvalue weighted by atomic mass is 16.2. The largest absolute Gasteiger partial charge is 0.338 e. The first-order chi connectivity index (χ1) is 7.11. The molecule has 0 bridgehead atoms. The van der Waals surface area contributed by atoms with E-state index in [2.05, 4.69) is 13.8 Å². The summed E-state index contributed by atoms with van der Waals surface area (Å²) in [4.78, 5) is 14.1. The lowest BCUT2D eigenvalue weighted by molar-refractivity contribution is -0.140. The van der Waals surface area contributed by atoms with Crippen molar-refractivity contribution in [3.05, 3.63) is 0 Å². The highest BCUT2D eigenvalue weighted by Crippen LogP contribution is 2.24. The van der Waals surface area contributed by atoms with Crippen LogP contribution in [-0.2, 0) is 4.79 Å². The van der Waals surface area contributed by atoms with Gasteiger partial charge >= 0.3 is 0 Å². The van der Waals surface area contributed by atoms with E-state index in [1.54, 1.807) is 0 Å². The molecule has 1 aliphatic rings. The van der Waals surface area contributed by atoms with Gasteiger partial charge < -0.3 is 10.6 Å². The van der Waals surface area contributed by atoms with E-state index in [0.29, 0.717) is 18.4 Å². The predicted octanol–water partition coefficient (Wildman–Crippen LogP) is 1.62. The molecule has 3 heteroatoms. The molecule has 1 aliphatic heterocycles. The number of nitrogens with zero attached hydrogens (tertiary/aromatic N) is 1. The molecule has 3 atom stereocenters. The van der Waals surface area contributed by atoms with Crippen LogP contribution in [0.5, 0.6) is 0 Å². The Hall–Kier alpha value is -0.570. The highest BCUT2D eigenvalue weighted by Gasteiger charge is 2.32. The molecule has 15 heavy (non-hydrogen) atoms. The van der Waals surface area contributed by atoms with Crippen LogP contribution in [-0.4, -0.2) is 29.9 Å². The number of likely N-dealkylation sites (tertiary alicyclic amines) is 1. The van der Waals surface area contributed by atoms with Gasteiger partial charge in [-0.2, -0.15) is 0 Å². The average Bonchev–Trinajstić information content (AvgIpc) is 2.26. The maximum absolute atomic E-state index is 12.1. The Morgan fingerprint density at radius 1 is 1.60 bits per heavy atom. The zero-order valence-corrected chi connectivity index (χ0v) is 10.2. The summed E-state index contributed by atoms with van der Waals surface area (Å²) in [5.74, 6) is 0.987. The first-order valence-electron chi connectivity index (χ1n) is 6.12. The molecule has 1 fully saturated rings. The van der Waals surface area contributed by atoms with E-state index >= 15 is 0 Å². The van der Waals surface area contributed by atoms with Crippen molar-refractivity contribution in [3.63, 3.8) is 0 Å². The molecular weight excluding hydrogens is 188 g/mol. The van der Waals surface area contributed by atoms with Gasteiger partial charge in [0.2, 0.25) is 5.91 Å². The Bertz CT molecular complexity index is 218. The number of nitrogens with two attached hydrogens (primary N) is 1. The Morgan fingerprint density at radius 3 is 2.80 bits per heavy atom. The van der Waals surface area contributed by atoms with E-state index in [0.717, 1.165) is 19.4 Å². The monoisotopic (exact) mass is 212 g/mol. The van der Waals surface area contributed by atoms with Crippen LogP contribution < -0.4 is 5.73 Å². The second kappa shape index (κ2) is 5.50. The molecule has 2 N–H and O–H groups in total. The molecule has 1 rings (SSSR count). The molecule has 0 unspecified atom stereocenters. The summed E-state index contributed by atoms with van der Waals surface area (Å²) in [7, 11) is 0. The molecule has 0 aliphatic carbocycles. The van der Waals surface area contributed by atoms with Gasteiger partial charge in [-0.1, -0.05) is 20.8 Å². The minimum atomic E-state index is 0.143. The lowest BCUT2D eigenvalue weighted by atomic mass is 9.89. The highest BCUT2D eigenvalue weighted by molar-refractivity contribution is 5.78. The molecule has 3 nitrogen and oxygen atoms in total. The number of carbonyl (C=O) groups is 1. The topological polar surface area (TPSA) is 46.3 Å². The predicted molar refractivity (Wildman–Crippen MR) is 62.4 cm³/mol. The summed E-state index contributed by atoms with van der Waals surface area (Å²) in [6.45, 7) is 7.77. The average molecular weight is 212 g/mol. The summed E-state index contributed by atoms with van der Waals surface area (Å²) < 4.78 is 0. The number of hydrogen-bond acceptors (Lipinski definition) is 2. The second-order valence-electron chi connectivity index (χ2n) is 4.76. The van der Waals surface area contributed by atoms with Crippen LogP contribution in [0.2, 0.25) is 0 Å². The Kier molecular flexibility index (Phi) is 4.58. The van der Waals surface area contributed by atoms with Crippen molar-refractivity contribution in [1.82, 2.24) is 4.90 Å². The van der Waals surface area contributed by atoms with E-state index in [-0.39, 0.29) is 12.0 Å². The maximum atomic E-state index is 12.1. The fraction of sp³-hybridized carbons (Fsp3) is 0.917. The minimum absolute atomic E-state index is 0.143. The van der Waals surface area contributed by atoms with Crippen molar-refractivity contribution >= 4 is 5.91 Å². The fourth-order valence-electron chi connectivity index (χ4n) is 2.34. The lowest BCUT2D eigenvalue weighted by Crippen LogP contribution is -2.52. The molecule has 0 spiro atoms. The van der Waals surface area contributed by atoms with Crippen LogP contribution in [0.15, 0.2) is 0 Å². The summed E-state index contributed by atoms with van der Waals surface area (Å²) in [6.07, 6.45) is 3.24. The van der Waals surface area contributed by atoms with Gasteiger partial charge in [-0.3, -0.25) is 4.79 Å². The zero-order valence-electron chi connectivity index (χ0n) is 10.2. The zero-order chi connectivity index (χ0) is 11.4. The second-order valence-corrected chi connectivity index (χ2v) is 4.76. The molecular formula is C12H24N2O. The third kappa shape index (κ3) is 2.71. The van der Waals surface area contributed by atoms with Crippen molar-refractivity contribution in [1.29, 1.82) is 0 Å². The summed E-state index contributed by atoms with van der Waals surface area (Å²) >= 11 is 0. The van der Waals surface area contributed by atoms with Gasteiger partial charge in [-0.15, -0.1) is 0 Å².